The molecule has 0 unspecified atom stereocenters. The lowest BCUT2D eigenvalue weighted by Crippen LogP contribution is -2.65. The predicted molar refractivity (Wildman–Crippen MR) is 57.3 cm³/mol. The number of hydrogen-bond acceptors (Lipinski definition) is 4. The molecule has 2 aliphatic rings. The van der Waals surface area contributed by atoms with Gasteiger partial charge < -0.3 is 9.64 Å². The Morgan fingerprint density at radius 2 is 2.33 bits per heavy atom. The average Bonchev–Trinajstić information content (AvgIpc) is 2.55. The molecule has 0 saturated carbocycles. The Morgan fingerprint density at radius 3 is 2.93 bits per heavy atom. The van der Waals surface area contributed by atoms with Crippen LogP contribution < -0.4 is 0 Å². The van der Waals surface area contributed by atoms with Crippen LogP contribution in [0.4, 0.5) is 0 Å². The van der Waals surface area contributed by atoms with Gasteiger partial charge in [-0.1, -0.05) is 0 Å². The lowest BCUT2D eigenvalue weighted by Gasteiger charge is -2.50. The summed E-state index contributed by atoms with van der Waals surface area (Å²) in [5.41, 5.74) is -0.240. The Balaban J connectivity index is 1.97. The number of amides is 1. The normalized spacial score (nSPS) is 32.2. The van der Waals surface area contributed by atoms with Crippen LogP contribution in [0.3, 0.4) is 0 Å². The molecule has 0 aliphatic carbocycles. The highest BCUT2D eigenvalue weighted by Gasteiger charge is 2.60. The lowest BCUT2D eigenvalue weighted by atomic mass is 9.81. The van der Waals surface area contributed by atoms with Gasteiger partial charge in [0.1, 0.15) is 6.61 Å². The zero-order chi connectivity index (χ0) is 11.2. The summed E-state index contributed by atoms with van der Waals surface area (Å²) in [5, 5.41) is 0.269. The van der Waals surface area contributed by atoms with Gasteiger partial charge in [0.05, 0.1) is 16.8 Å². The minimum absolute atomic E-state index is 0.0735. The van der Waals surface area contributed by atoms with Gasteiger partial charge in [0.2, 0.25) is 5.91 Å². The summed E-state index contributed by atoms with van der Waals surface area (Å²) < 4.78 is 4.95. The van der Waals surface area contributed by atoms with E-state index in [1.807, 2.05) is 18.7 Å². The Hall–Kier alpha value is -0.710. The molecule has 0 spiro atoms. The number of thioether (sulfide) groups is 1. The van der Waals surface area contributed by atoms with E-state index < -0.39 is 0 Å². The summed E-state index contributed by atoms with van der Waals surface area (Å²) in [6.45, 7) is 5.66. The molecule has 84 valence electrons. The minimum atomic E-state index is -0.282. The first kappa shape index (κ1) is 10.8. The summed E-state index contributed by atoms with van der Waals surface area (Å²) in [7, 11) is 0. The van der Waals surface area contributed by atoms with Gasteiger partial charge in [-0.3, -0.25) is 9.59 Å². The molecule has 0 aromatic heterocycles. The highest BCUT2D eigenvalue weighted by molar-refractivity contribution is 8.00. The van der Waals surface area contributed by atoms with Crippen molar-refractivity contribution in [2.45, 2.75) is 32.2 Å². The average molecular weight is 229 g/mol. The van der Waals surface area contributed by atoms with Crippen LogP contribution in [0.25, 0.3) is 0 Å². The van der Waals surface area contributed by atoms with E-state index in [-0.39, 0.29) is 28.7 Å². The molecule has 2 heterocycles. The zero-order valence-corrected chi connectivity index (χ0v) is 9.97. The number of fused-ring (bicyclic) bond motifs is 1. The van der Waals surface area contributed by atoms with Crippen molar-refractivity contribution in [1.29, 1.82) is 0 Å². The quantitative estimate of drug-likeness (QED) is 0.520. The number of carbonyl (C=O) groups is 2. The Morgan fingerprint density at radius 1 is 1.67 bits per heavy atom. The van der Waals surface area contributed by atoms with Crippen LogP contribution in [-0.2, 0) is 14.3 Å². The number of nitrogens with zero attached hydrogens (tertiary/aromatic N) is 1. The van der Waals surface area contributed by atoms with E-state index in [2.05, 4.69) is 0 Å². The second kappa shape index (κ2) is 3.40. The van der Waals surface area contributed by atoms with Crippen LogP contribution >= 0.6 is 11.8 Å². The molecular formula is C10H15NO3S. The molecule has 0 bridgehead atoms. The summed E-state index contributed by atoms with van der Waals surface area (Å²) in [6.07, 6.45) is 0. The number of hydrogen-bond donors (Lipinski definition) is 0. The van der Waals surface area contributed by atoms with Gasteiger partial charge in [-0.2, -0.15) is 0 Å². The number of esters is 1. The molecule has 2 rings (SSSR count). The van der Waals surface area contributed by atoms with E-state index in [0.29, 0.717) is 6.61 Å². The Bertz CT molecular complexity index is 316. The van der Waals surface area contributed by atoms with Crippen molar-refractivity contribution in [3.63, 3.8) is 0 Å². The van der Waals surface area contributed by atoms with Gasteiger partial charge in [0.15, 0.2) is 0 Å². The lowest BCUT2D eigenvalue weighted by molar-refractivity contribution is -0.165. The number of rotatable bonds is 2. The second-order valence-corrected chi connectivity index (χ2v) is 5.69. The monoisotopic (exact) mass is 229 g/mol. The number of carbonyl (C=O) groups excluding carboxylic acids is 2. The molecular weight excluding hydrogens is 214 g/mol. The Labute approximate surface area is 93.3 Å². The van der Waals surface area contributed by atoms with Crippen molar-refractivity contribution < 1.29 is 14.3 Å². The van der Waals surface area contributed by atoms with Crippen LogP contribution in [0.5, 0.6) is 0 Å². The molecule has 0 N–H and O–H groups in total. The largest absolute Gasteiger partial charge is 0.464 e. The maximum absolute atomic E-state index is 11.8. The number of β-lactam (4-membered cyclic amide) rings is 1. The van der Waals surface area contributed by atoms with Gasteiger partial charge in [-0.05, 0) is 13.8 Å². The van der Waals surface area contributed by atoms with E-state index in [4.69, 9.17) is 4.74 Å². The molecule has 2 fully saturated rings. The summed E-state index contributed by atoms with van der Waals surface area (Å²) in [4.78, 5) is 24.3. The van der Waals surface area contributed by atoms with Gasteiger partial charge in [-0.25, -0.2) is 0 Å². The van der Waals surface area contributed by atoms with Crippen LogP contribution in [-0.4, -0.2) is 40.6 Å². The van der Waals surface area contributed by atoms with E-state index >= 15 is 0 Å². The molecule has 0 aromatic rings. The van der Waals surface area contributed by atoms with Gasteiger partial charge in [0.25, 0.3) is 0 Å². The molecule has 0 radical (unpaired) electrons. The molecule has 5 heteroatoms. The summed E-state index contributed by atoms with van der Waals surface area (Å²) in [5.74, 6) is 0.762. The Kier molecular flexibility index (Phi) is 2.45. The topological polar surface area (TPSA) is 46.6 Å². The maximum Gasteiger partial charge on any atom is 0.302 e. The van der Waals surface area contributed by atoms with Crippen molar-refractivity contribution in [2.75, 3.05) is 12.4 Å². The SMILES string of the molecule is CC(=O)OC[C@H]1CS[C@@H]2N1C(=O)C2(C)C. The molecule has 4 nitrogen and oxygen atoms in total. The van der Waals surface area contributed by atoms with Gasteiger partial charge in [0, 0.05) is 12.7 Å². The highest BCUT2D eigenvalue weighted by atomic mass is 32.2. The molecule has 0 aromatic carbocycles. The predicted octanol–water partition coefficient (Wildman–Crippen LogP) is 0.859. The minimum Gasteiger partial charge on any atom is -0.464 e. The zero-order valence-electron chi connectivity index (χ0n) is 9.15. The fourth-order valence-electron chi connectivity index (χ4n) is 2.10. The molecule has 2 aliphatic heterocycles. The van der Waals surface area contributed by atoms with Crippen LogP contribution in [0.2, 0.25) is 0 Å². The van der Waals surface area contributed by atoms with Crippen molar-refractivity contribution in [3.05, 3.63) is 0 Å². The fourth-order valence-corrected chi connectivity index (χ4v) is 3.70. The fraction of sp³-hybridized carbons (Fsp3) is 0.800. The maximum atomic E-state index is 11.8. The first-order valence-electron chi connectivity index (χ1n) is 5.02. The first-order valence-corrected chi connectivity index (χ1v) is 6.07. The van der Waals surface area contributed by atoms with Crippen LogP contribution in [0, 0.1) is 5.41 Å². The van der Waals surface area contributed by atoms with E-state index in [1.165, 1.54) is 6.92 Å². The second-order valence-electron chi connectivity index (χ2n) is 4.58. The summed E-state index contributed by atoms with van der Waals surface area (Å²) >= 11 is 1.78. The van der Waals surface area contributed by atoms with Gasteiger partial charge >= 0.3 is 5.97 Å². The van der Waals surface area contributed by atoms with Crippen LogP contribution in [0.15, 0.2) is 0 Å². The highest BCUT2D eigenvalue weighted by Crippen LogP contribution is 2.50. The van der Waals surface area contributed by atoms with E-state index in [9.17, 15) is 9.59 Å². The number of ether oxygens (including phenoxy) is 1. The van der Waals surface area contributed by atoms with E-state index in [1.54, 1.807) is 11.8 Å². The van der Waals surface area contributed by atoms with Gasteiger partial charge in [-0.15, -0.1) is 11.8 Å². The third-order valence-corrected chi connectivity index (χ3v) is 4.68. The molecule has 1 amide bonds. The third kappa shape index (κ3) is 1.53. The smallest absolute Gasteiger partial charge is 0.302 e. The summed E-state index contributed by atoms with van der Waals surface area (Å²) in [6, 6.07) is 0.0735. The molecule has 15 heavy (non-hydrogen) atoms. The van der Waals surface area contributed by atoms with E-state index in [0.717, 1.165) is 5.75 Å². The van der Waals surface area contributed by atoms with Crippen molar-refractivity contribution in [3.8, 4) is 0 Å². The standard InChI is InChI=1S/C10H15NO3S/c1-6(12)14-4-7-5-15-9-10(2,3)8(13)11(7)9/h7,9H,4-5H2,1-3H3/t7-,9-/m0/s1. The first-order chi connectivity index (χ1) is 6.94. The third-order valence-electron chi connectivity index (χ3n) is 2.97. The molecule has 2 atom stereocenters. The van der Waals surface area contributed by atoms with Crippen LogP contribution in [0.1, 0.15) is 20.8 Å². The van der Waals surface area contributed by atoms with Crippen molar-refractivity contribution >= 4 is 23.6 Å². The van der Waals surface area contributed by atoms with Crippen molar-refractivity contribution in [1.82, 2.24) is 4.90 Å². The molecule has 2 saturated heterocycles. The van der Waals surface area contributed by atoms with Crippen molar-refractivity contribution in [2.24, 2.45) is 5.41 Å².